The SMILES string of the molecule is O=C(NCC(c1ccccc1)N1CCOCC1)c1cc(-c2ccc(F)c(F)c2)on1. The van der Waals surface area contributed by atoms with E-state index in [-0.39, 0.29) is 17.5 Å². The van der Waals surface area contributed by atoms with Crippen LogP contribution in [0, 0.1) is 11.6 Å². The van der Waals surface area contributed by atoms with Gasteiger partial charge in [-0.25, -0.2) is 8.78 Å². The summed E-state index contributed by atoms with van der Waals surface area (Å²) in [6, 6.07) is 14.7. The van der Waals surface area contributed by atoms with Crippen molar-refractivity contribution >= 4 is 5.91 Å². The number of hydrogen-bond donors (Lipinski definition) is 1. The van der Waals surface area contributed by atoms with E-state index in [1.807, 2.05) is 30.3 Å². The first-order valence-electron chi connectivity index (χ1n) is 9.69. The topological polar surface area (TPSA) is 67.6 Å². The van der Waals surface area contributed by atoms with Gasteiger partial charge in [-0.3, -0.25) is 9.69 Å². The quantitative estimate of drug-likeness (QED) is 0.671. The summed E-state index contributed by atoms with van der Waals surface area (Å²) in [7, 11) is 0. The number of amides is 1. The molecule has 1 N–H and O–H groups in total. The van der Waals surface area contributed by atoms with E-state index in [1.165, 1.54) is 12.1 Å². The predicted molar refractivity (Wildman–Crippen MR) is 106 cm³/mol. The Hall–Kier alpha value is -3.10. The number of hydrogen-bond acceptors (Lipinski definition) is 5. The van der Waals surface area contributed by atoms with E-state index in [9.17, 15) is 13.6 Å². The molecule has 4 rings (SSSR count). The Labute approximate surface area is 172 Å². The van der Waals surface area contributed by atoms with Crippen LogP contribution < -0.4 is 5.32 Å². The lowest BCUT2D eigenvalue weighted by atomic mass is 10.0. The molecule has 6 nitrogen and oxygen atoms in total. The minimum atomic E-state index is -0.994. The molecule has 30 heavy (non-hydrogen) atoms. The Balaban J connectivity index is 1.46. The van der Waals surface area contributed by atoms with Crippen molar-refractivity contribution < 1.29 is 22.8 Å². The van der Waals surface area contributed by atoms with Gasteiger partial charge in [-0.1, -0.05) is 35.5 Å². The molecule has 1 aliphatic rings. The van der Waals surface area contributed by atoms with E-state index in [1.54, 1.807) is 0 Å². The fraction of sp³-hybridized carbons (Fsp3) is 0.273. The second-order valence-corrected chi connectivity index (χ2v) is 6.99. The van der Waals surface area contributed by atoms with E-state index in [2.05, 4.69) is 15.4 Å². The number of carbonyl (C=O) groups excluding carboxylic acids is 1. The Morgan fingerprint density at radius 2 is 1.83 bits per heavy atom. The third kappa shape index (κ3) is 4.55. The Bertz CT molecular complexity index is 1000. The molecule has 1 atom stereocenters. The van der Waals surface area contributed by atoms with Crippen LogP contribution in [0.1, 0.15) is 22.1 Å². The summed E-state index contributed by atoms with van der Waals surface area (Å²) in [6.07, 6.45) is 0. The zero-order chi connectivity index (χ0) is 20.9. The molecule has 2 heterocycles. The highest BCUT2D eigenvalue weighted by atomic mass is 19.2. The fourth-order valence-electron chi connectivity index (χ4n) is 3.47. The van der Waals surface area contributed by atoms with Crippen molar-refractivity contribution in [3.05, 3.63) is 77.5 Å². The molecule has 1 unspecified atom stereocenters. The molecule has 2 aromatic carbocycles. The zero-order valence-corrected chi connectivity index (χ0v) is 16.2. The van der Waals surface area contributed by atoms with Crippen molar-refractivity contribution in [2.75, 3.05) is 32.8 Å². The highest BCUT2D eigenvalue weighted by molar-refractivity contribution is 5.93. The van der Waals surface area contributed by atoms with Gasteiger partial charge in [0.1, 0.15) is 0 Å². The van der Waals surface area contributed by atoms with Crippen LogP contribution in [0.25, 0.3) is 11.3 Å². The molecule has 156 valence electrons. The minimum absolute atomic E-state index is 0.00313. The summed E-state index contributed by atoms with van der Waals surface area (Å²) in [5.74, 6) is -2.16. The molecule has 1 saturated heterocycles. The average molecular weight is 413 g/mol. The first-order valence-corrected chi connectivity index (χ1v) is 9.69. The molecule has 0 spiro atoms. The molecule has 3 aromatic rings. The largest absolute Gasteiger partial charge is 0.379 e. The van der Waals surface area contributed by atoms with E-state index in [0.29, 0.717) is 25.3 Å². The molecule has 1 amide bonds. The average Bonchev–Trinajstić information content (AvgIpc) is 3.28. The lowest BCUT2D eigenvalue weighted by Crippen LogP contribution is -2.43. The normalized spacial score (nSPS) is 15.7. The second-order valence-electron chi connectivity index (χ2n) is 6.99. The molecule has 0 radical (unpaired) electrons. The minimum Gasteiger partial charge on any atom is -0.379 e. The number of carbonyl (C=O) groups is 1. The van der Waals surface area contributed by atoms with Gasteiger partial charge in [0.25, 0.3) is 5.91 Å². The lowest BCUT2D eigenvalue weighted by molar-refractivity contribution is 0.0162. The van der Waals surface area contributed by atoms with Gasteiger partial charge in [-0.05, 0) is 23.8 Å². The lowest BCUT2D eigenvalue weighted by Gasteiger charge is -2.34. The maximum Gasteiger partial charge on any atom is 0.273 e. The van der Waals surface area contributed by atoms with Crippen LogP contribution in [0.3, 0.4) is 0 Å². The predicted octanol–water partition coefficient (Wildman–Crippen LogP) is 3.42. The molecule has 0 aliphatic carbocycles. The summed E-state index contributed by atoms with van der Waals surface area (Å²) in [5.41, 5.74) is 1.47. The summed E-state index contributed by atoms with van der Waals surface area (Å²) in [6.45, 7) is 3.24. The van der Waals surface area contributed by atoms with E-state index < -0.39 is 17.5 Å². The molecule has 8 heteroatoms. The number of ether oxygens (including phenoxy) is 1. The second kappa shape index (κ2) is 9.15. The van der Waals surface area contributed by atoms with Crippen molar-refractivity contribution in [2.24, 2.45) is 0 Å². The van der Waals surface area contributed by atoms with Gasteiger partial charge in [0.15, 0.2) is 23.1 Å². The fourth-order valence-corrected chi connectivity index (χ4v) is 3.47. The maximum atomic E-state index is 13.4. The number of morpholine rings is 1. The van der Waals surface area contributed by atoms with Crippen LogP contribution in [0.15, 0.2) is 59.1 Å². The van der Waals surface area contributed by atoms with Crippen LogP contribution in [0.4, 0.5) is 8.78 Å². The molecule has 1 aliphatic heterocycles. The van der Waals surface area contributed by atoms with E-state index >= 15 is 0 Å². The van der Waals surface area contributed by atoms with Gasteiger partial charge in [0.2, 0.25) is 0 Å². The molecule has 1 fully saturated rings. The Morgan fingerprint density at radius 3 is 2.57 bits per heavy atom. The van der Waals surface area contributed by atoms with Crippen molar-refractivity contribution in [3.63, 3.8) is 0 Å². The summed E-state index contributed by atoms with van der Waals surface area (Å²) >= 11 is 0. The van der Waals surface area contributed by atoms with E-state index in [4.69, 9.17) is 9.26 Å². The van der Waals surface area contributed by atoms with Gasteiger partial charge in [0, 0.05) is 31.3 Å². The number of nitrogens with zero attached hydrogens (tertiary/aromatic N) is 2. The smallest absolute Gasteiger partial charge is 0.273 e. The first-order chi connectivity index (χ1) is 14.6. The van der Waals surface area contributed by atoms with Crippen LogP contribution >= 0.6 is 0 Å². The van der Waals surface area contributed by atoms with Gasteiger partial charge < -0.3 is 14.6 Å². The highest BCUT2D eigenvalue weighted by Gasteiger charge is 2.24. The van der Waals surface area contributed by atoms with Crippen molar-refractivity contribution in [3.8, 4) is 11.3 Å². The van der Waals surface area contributed by atoms with Gasteiger partial charge in [0.05, 0.1) is 19.3 Å². The standard InChI is InChI=1S/C22H21F2N3O3/c23-17-7-6-16(12-18(17)24)21-13-19(26-30-21)22(28)25-14-20(15-4-2-1-3-5-15)27-8-10-29-11-9-27/h1-7,12-13,20H,8-11,14H2,(H,25,28). The highest BCUT2D eigenvalue weighted by Crippen LogP contribution is 2.23. The van der Waals surface area contributed by atoms with Crippen LogP contribution in [0.5, 0.6) is 0 Å². The Kier molecular flexibility index (Phi) is 6.15. The third-order valence-corrected chi connectivity index (χ3v) is 5.07. The summed E-state index contributed by atoms with van der Waals surface area (Å²) in [4.78, 5) is 14.9. The third-order valence-electron chi connectivity index (χ3n) is 5.07. The van der Waals surface area contributed by atoms with Crippen LogP contribution in [0.2, 0.25) is 0 Å². The summed E-state index contributed by atoms with van der Waals surface area (Å²) < 4.78 is 37.2. The van der Waals surface area contributed by atoms with Gasteiger partial charge in [-0.15, -0.1) is 0 Å². The van der Waals surface area contributed by atoms with E-state index in [0.717, 1.165) is 30.8 Å². The maximum absolute atomic E-state index is 13.4. The number of halogens is 2. The molecule has 0 saturated carbocycles. The summed E-state index contributed by atoms with van der Waals surface area (Å²) in [5, 5.41) is 6.67. The Morgan fingerprint density at radius 1 is 1.07 bits per heavy atom. The zero-order valence-electron chi connectivity index (χ0n) is 16.2. The van der Waals surface area contributed by atoms with Crippen LogP contribution in [-0.2, 0) is 4.74 Å². The molecule has 0 bridgehead atoms. The van der Waals surface area contributed by atoms with Crippen LogP contribution in [-0.4, -0.2) is 48.8 Å². The first kappa shape index (κ1) is 20.2. The van der Waals surface area contributed by atoms with Crippen molar-refractivity contribution in [2.45, 2.75) is 6.04 Å². The van der Waals surface area contributed by atoms with Crippen molar-refractivity contribution in [1.82, 2.24) is 15.4 Å². The molecular weight excluding hydrogens is 392 g/mol. The number of rotatable bonds is 6. The van der Waals surface area contributed by atoms with Crippen molar-refractivity contribution in [1.29, 1.82) is 0 Å². The van der Waals surface area contributed by atoms with Gasteiger partial charge >= 0.3 is 0 Å². The number of nitrogens with one attached hydrogen (secondary N) is 1. The molecule has 1 aromatic heterocycles. The number of aromatic nitrogens is 1. The monoisotopic (exact) mass is 413 g/mol. The van der Waals surface area contributed by atoms with Gasteiger partial charge in [-0.2, -0.15) is 0 Å². The number of benzene rings is 2. The molecular formula is C22H21F2N3O3.